The first-order valence-corrected chi connectivity index (χ1v) is 7.75. The van der Waals surface area contributed by atoms with Gasteiger partial charge in [0.25, 0.3) is 0 Å². The van der Waals surface area contributed by atoms with Gasteiger partial charge in [0.1, 0.15) is 0 Å². The molecule has 6 heteroatoms. The van der Waals surface area contributed by atoms with E-state index in [1.54, 1.807) is 6.07 Å². The Bertz CT molecular complexity index is 452. The van der Waals surface area contributed by atoms with Crippen LogP contribution in [0.25, 0.3) is 0 Å². The van der Waals surface area contributed by atoms with Crippen LogP contribution in [0.1, 0.15) is 32.4 Å². The molecule has 18 heavy (non-hydrogen) atoms. The maximum atomic E-state index is 11.9. The largest absolute Gasteiger partial charge is 0.363 e. The third kappa shape index (κ3) is 4.80. The second-order valence-corrected chi connectivity index (χ2v) is 6.59. The zero-order chi connectivity index (χ0) is 13.6. The summed E-state index contributed by atoms with van der Waals surface area (Å²) in [6.07, 6.45) is 3.42. The molecule has 0 bridgehead atoms. The molecule has 104 valence electrons. The minimum absolute atomic E-state index is 0.303. The molecule has 1 heterocycles. The van der Waals surface area contributed by atoms with Gasteiger partial charge in [-0.25, -0.2) is 13.1 Å². The van der Waals surface area contributed by atoms with Crippen LogP contribution < -0.4 is 10.0 Å². The Balaban J connectivity index is 2.51. The van der Waals surface area contributed by atoms with Crippen LogP contribution in [0.15, 0.2) is 17.2 Å². The second-order valence-electron chi connectivity index (χ2n) is 4.82. The Hall–Kier alpha value is -0.850. The first kappa shape index (κ1) is 15.2. The predicted octanol–water partition coefficient (Wildman–Crippen LogP) is 1.45. The summed E-state index contributed by atoms with van der Waals surface area (Å²) in [5.74, 6) is 0.601. The fourth-order valence-electron chi connectivity index (χ4n) is 1.67. The molecule has 3 N–H and O–H groups in total. The monoisotopic (exact) mass is 273 g/mol. The fourth-order valence-corrected chi connectivity index (χ4v) is 2.76. The van der Waals surface area contributed by atoms with E-state index in [-0.39, 0.29) is 0 Å². The van der Waals surface area contributed by atoms with Crippen LogP contribution in [0.3, 0.4) is 0 Å². The van der Waals surface area contributed by atoms with E-state index in [2.05, 4.69) is 28.9 Å². The summed E-state index contributed by atoms with van der Waals surface area (Å²) in [6, 6.07) is 1.65. The number of hydrogen-bond donors (Lipinski definition) is 3. The van der Waals surface area contributed by atoms with Crippen LogP contribution in [0.2, 0.25) is 0 Å². The number of nitrogens with one attached hydrogen (secondary N) is 3. The first-order valence-electron chi connectivity index (χ1n) is 6.27. The van der Waals surface area contributed by atoms with Crippen LogP contribution >= 0.6 is 0 Å². The van der Waals surface area contributed by atoms with Crippen LogP contribution in [0, 0.1) is 5.92 Å². The van der Waals surface area contributed by atoms with Crippen molar-refractivity contribution in [2.45, 2.75) is 38.1 Å². The number of H-pyrrole nitrogens is 1. The van der Waals surface area contributed by atoms with Gasteiger partial charge in [-0.3, -0.25) is 0 Å². The number of aromatic amines is 1. The summed E-state index contributed by atoms with van der Waals surface area (Å²) < 4.78 is 26.5. The van der Waals surface area contributed by atoms with Crippen LogP contribution in [0.4, 0.5) is 0 Å². The van der Waals surface area contributed by atoms with Crippen molar-refractivity contribution < 1.29 is 8.42 Å². The van der Waals surface area contributed by atoms with E-state index >= 15 is 0 Å². The van der Waals surface area contributed by atoms with Crippen molar-refractivity contribution in [3.63, 3.8) is 0 Å². The van der Waals surface area contributed by atoms with Gasteiger partial charge in [0, 0.05) is 25.0 Å². The molecule has 0 aromatic carbocycles. The molecule has 1 aromatic heterocycles. The quantitative estimate of drug-likeness (QED) is 0.628. The van der Waals surface area contributed by atoms with Crippen LogP contribution in [0.5, 0.6) is 0 Å². The molecule has 1 rings (SSSR count). The minimum Gasteiger partial charge on any atom is -0.363 e. The summed E-state index contributed by atoms with van der Waals surface area (Å²) in [7, 11) is -1.55. The van der Waals surface area contributed by atoms with E-state index in [0.717, 1.165) is 18.5 Å². The number of rotatable bonds is 8. The maximum absolute atomic E-state index is 11.9. The van der Waals surface area contributed by atoms with Gasteiger partial charge in [0.15, 0.2) is 0 Å². The second kappa shape index (κ2) is 6.92. The van der Waals surface area contributed by atoms with Gasteiger partial charge >= 0.3 is 0 Å². The lowest BCUT2D eigenvalue weighted by atomic mass is 10.1. The molecule has 0 aliphatic heterocycles. The zero-order valence-electron chi connectivity index (χ0n) is 11.3. The Kier molecular flexibility index (Phi) is 5.84. The van der Waals surface area contributed by atoms with E-state index in [9.17, 15) is 8.42 Å². The molecule has 0 amide bonds. The smallest absolute Gasteiger partial charge is 0.242 e. The molecular formula is C12H23N3O2S. The highest BCUT2D eigenvalue weighted by molar-refractivity contribution is 7.89. The highest BCUT2D eigenvalue weighted by Gasteiger charge is 2.15. The molecule has 0 radical (unpaired) electrons. The molecule has 0 atom stereocenters. The van der Waals surface area contributed by atoms with E-state index in [1.807, 2.05) is 7.05 Å². The third-order valence-corrected chi connectivity index (χ3v) is 4.08. The van der Waals surface area contributed by atoms with Gasteiger partial charge in [-0.05, 0) is 31.9 Å². The Morgan fingerprint density at radius 3 is 2.72 bits per heavy atom. The van der Waals surface area contributed by atoms with Gasteiger partial charge in [0.05, 0.1) is 4.90 Å². The van der Waals surface area contributed by atoms with Crippen molar-refractivity contribution >= 4 is 10.0 Å². The summed E-state index contributed by atoms with van der Waals surface area (Å²) in [4.78, 5) is 3.24. The fraction of sp³-hybridized carbons (Fsp3) is 0.667. The third-order valence-electron chi connectivity index (χ3n) is 2.64. The molecule has 0 saturated heterocycles. The average Bonchev–Trinajstić information content (AvgIpc) is 2.74. The van der Waals surface area contributed by atoms with E-state index in [1.165, 1.54) is 6.20 Å². The van der Waals surface area contributed by atoms with Crippen molar-refractivity contribution in [3.05, 3.63) is 18.0 Å². The Labute approximate surface area is 109 Å². The predicted molar refractivity (Wildman–Crippen MR) is 72.8 cm³/mol. The molecular weight excluding hydrogens is 250 g/mol. The van der Waals surface area contributed by atoms with E-state index in [4.69, 9.17) is 0 Å². The Morgan fingerprint density at radius 1 is 1.39 bits per heavy atom. The molecule has 0 aliphatic carbocycles. The van der Waals surface area contributed by atoms with Gasteiger partial charge < -0.3 is 10.3 Å². The van der Waals surface area contributed by atoms with Gasteiger partial charge in [-0.2, -0.15) is 0 Å². The lowest BCUT2D eigenvalue weighted by Gasteiger charge is -2.06. The lowest BCUT2D eigenvalue weighted by Crippen LogP contribution is -2.24. The van der Waals surface area contributed by atoms with Crippen molar-refractivity contribution in [1.82, 2.24) is 15.0 Å². The van der Waals surface area contributed by atoms with Crippen molar-refractivity contribution in [1.29, 1.82) is 0 Å². The Morgan fingerprint density at radius 2 is 2.11 bits per heavy atom. The van der Waals surface area contributed by atoms with Gasteiger partial charge in [-0.1, -0.05) is 13.8 Å². The van der Waals surface area contributed by atoms with Crippen molar-refractivity contribution in [2.75, 3.05) is 13.6 Å². The standard InChI is InChI=1S/C12H23N3O2S/c1-10(2)5-4-6-15-18(16,17)12-7-11(8-13-3)14-9-12/h7,9-10,13-15H,4-6,8H2,1-3H3. The lowest BCUT2D eigenvalue weighted by molar-refractivity contribution is 0.540. The molecule has 5 nitrogen and oxygen atoms in total. The van der Waals surface area contributed by atoms with Gasteiger partial charge in [-0.15, -0.1) is 0 Å². The highest BCUT2D eigenvalue weighted by Crippen LogP contribution is 2.11. The SMILES string of the molecule is CNCc1cc(S(=O)(=O)NCCCC(C)C)c[nH]1. The maximum Gasteiger partial charge on any atom is 0.242 e. The average molecular weight is 273 g/mol. The normalized spacial score (nSPS) is 12.2. The van der Waals surface area contributed by atoms with E-state index < -0.39 is 10.0 Å². The summed E-state index contributed by atoms with van der Waals surface area (Å²) in [5.41, 5.74) is 0.861. The number of hydrogen-bond acceptors (Lipinski definition) is 3. The molecule has 0 spiro atoms. The topological polar surface area (TPSA) is 74.0 Å². The summed E-state index contributed by atoms with van der Waals surface area (Å²) in [5, 5.41) is 2.97. The number of sulfonamides is 1. The highest BCUT2D eigenvalue weighted by atomic mass is 32.2. The van der Waals surface area contributed by atoms with Crippen molar-refractivity contribution in [2.24, 2.45) is 5.92 Å². The molecule has 1 aromatic rings. The molecule has 0 aliphatic rings. The zero-order valence-corrected chi connectivity index (χ0v) is 12.1. The van der Waals surface area contributed by atoms with E-state index in [0.29, 0.717) is 23.9 Å². The van der Waals surface area contributed by atoms with Crippen LogP contribution in [-0.4, -0.2) is 27.0 Å². The summed E-state index contributed by atoms with van der Waals surface area (Å²) >= 11 is 0. The van der Waals surface area contributed by atoms with Crippen LogP contribution in [-0.2, 0) is 16.6 Å². The molecule has 0 unspecified atom stereocenters. The summed E-state index contributed by atoms with van der Waals surface area (Å²) in [6.45, 7) is 5.38. The minimum atomic E-state index is -3.36. The number of aromatic nitrogens is 1. The van der Waals surface area contributed by atoms with Gasteiger partial charge in [0.2, 0.25) is 10.0 Å². The van der Waals surface area contributed by atoms with Crippen molar-refractivity contribution in [3.8, 4) is 0 Å². The first-order chi connectivity index (χ1) is 8.45. The molecule has 0 saturated carbocycles. The molecule has 0 fully saturated rings.